The Morgan fingerprint density at radius 2 is 2.06 bits per heavy atom. The molecule has 2 nitrogen and oxygen atoms in total. The van der Waals surface area contributed by atoms with E-state index in [2.05, 4.69) is 35.8 Å². The molecule has 2 aliphatic heterocycles. The van der Waals surface area contributed by atoms with Crippen molar-refractivity contribution in [2.75, 3.05) is 32.6 Å². The lowest BCUT2D eigenvalue weighted by Gasteiger charge is -2.49. The maximum Gasteiger partial charge on any atom is 0.0588 e. The molecule has 2 aliphatic rings. The zero-order valence-corrected chi connectivity index (χ0v) is 11.8. The molecule has 18 heavy (non-hydrogen) atoms. The standard InChI is InChI=1S/C15H21NOS/c1-18-14-6-4-12(5-7-14)15(10-17-11-15)13-3-2-8-16-9-13/h4-7,13,16H,2-3,8-11H2,1H3. The highest BCUT2D eigenvalue weighted by molar-refractivity contribution is 7.98. The van der Waals surface area contributed by atoms with E-state index in [1.54, 1.807) is 11.8 Å². The van der Waals surface area contributed by atoms with Crippen LogP contribution in [0.2, 0.25) is 0 Å². The molecule has 1 N–H and O–H groups in total. The maximum absolute atomic E-state index is 5.57. The summed E-state index contributed by atoms with van der Waals surface area (Å²) >= 11 is 1.81. The second-order valence-corrected chi connectivity index (χ2v) is 6.30. The Morgan fingerprint density at radius 3 is 2.56 bits per heavy atom. The van der Waals surface area contributed by atoms with E-state index in [0.29, 0.717) is 0 Å². The second kappa shape index (κ2) is 5.24. The first kappa shape index (κ1) is 12.5. The largest absolute Gasteiger partial charge is 0.379 e. The molecule has 0 aromatic heterocycles. The predicted molar refractivity (Wildman–Crippen MR) is 76.3 cm³/mol. The second-order valence-electron chi connectivity index (χ2n) is 5.42. The minimum absolute atomic E-state index is 0.282. The van der Waals surface area contributed by atoms with Crippen LogP contribution < -0.4 is 5.32 Å². The number of hydrogen-bond donors (Lipinski definition) is 1. The van der Waals surface area contributed by atoms with E-state index in [0.717, 1.165) is 25.7 Å². The SMILES string of the molecule is CSc1ccc(C2(C3CCCNC3)COC2)cc1. The van der Waals surface area contributed by atoms with Crippen molar-refractivity contribution in [3.05, 3.63) is 29.8 Å². The summed E-state index contributed by atoms with van der Waals surface area (Å²) in [4.78, 5) is 1.34. The predicted octanol–water partition coefficient (Wildman–Crippen LogP) is 2.68. The molecule has 3 heteroatoms. The molecule has 1 aromatic carbocycles. The summed E-state index contributed by atoms with van der Waals surface area (Å²) < 4.78 is 5.57. The van der Waals surface area contributed by atoms with Gasteiger partial charge in [-0.15, -0.1) is 11.8 Å². The number of hydrogen-bond acceptors (Lipinski definition) is 3. The molecule has 0 saturated carbocycles. The van der Waals surface area contributed by atoms with E-state index >= 15 is 0 Å². The van der Waals surface area contributed by atoms with Crippen LogP contribution in [-0.2, 0) is 10.2 Å². The first-order valence-corrected chi connectivity index (χ1v) is 8.01. The van der Waals surface area contributed by atoms with Gasteiger partial charge in [-0.05, 0) is 55.8 Å². The van der Waals surface area contributed by atoms with Gasteiger partial charge in [0.2, 0.25) is 0 Å². The fraction of sp³-hybridized carbons (Fsp3) is 0.600. The Bertz CT molecular complexity index is 393. The number of piperidine rings is 1. The molecule has 0 spiro atoms. The fourth-order valence-corrected chi connectivity index (χ4v) is 3.61. The van der Waals surface area contributed by atoms with Gasteiger partial charge >= 0.3 is 0 Å². The lowest BCUT2D eigenvalue weighted by atomic mass is 9.66. The minimum Gasteiger partial charge on any atom is -0.379 e. The van der Waals surface area contributed by atoms with Crippen LogP contribution in [0.1, 0.15) is 18.4 Å². The van der Waals surface area contributed by atoms with Gasteiger partial charge in [0, 0.05) is 10.3 Å². The van der Waals surface area contributed by atoms with Crippen molar-refractivity contribution in [2.24, 2.45) is 5.92 Å². The van der Waals surface area contributed by atoms with Crippen LogP contribution in [0.25, 0.3) is 0 Å². The van der Waals surface area contributed by atoms with Gasteiger partial charge in [0.25, 0.3) is 0 Å². The first-order chi connectivity index (χ1) is 8.85. The van der Waals surface area contributed by atoms with Crippen LogP contribution in [0.15, 0.2) is 29.2 Å². The topological polar surface area (TPSA) is 21.3 Å². The molecular formula is C15H21NOS. The number of ether oxygens (including phenoxy) is 1. The highest BCUT2D eigenvalue weighted by Crippen LogP contribution is 2.42. The van der Waals surface area contributed by atoms with Gasteiger partial charge in [-0.2, -0.15) is 0 Å². The van der Waals surface area contributed by atoms with Crippen molar-refractivity contribution in [3.8, 4) is 0 Å². The molecule has 3 rings (SSSR count). The van der Waals surface area contributed by atoms with Crippen LogP contribution in [0, 0.1) is 5.92 Å². The van der Waals surface area contributed by atoms with Gasteiger partial charge < -0.3 is 10.1 Å². The Kier molecular flexibility index (Phi) is 3.64. The molecule has 0 aliphatic carbocycles. The van der Waals surface area contributed by atoms with E-state index in [-0.39, 0.29) is 5.41 Å². The lowest BCUT2D eigenvalue weighted by molar-refractivity contribution is -0.0947. The highest BCUT2D eigenvalue weighted by Gasteiger charge is 2.46. The third kappa shape index (κ3) is 2.09. The Morgan fingerprint density at radius 1 is 1.28 bits per heavy atom. The van der Waals surface area contributed by atoms with Crippen LogP contribution in [0.4, 0.5) is 0 Å². The van der Waals surface area contributed by atoms with Gasteiger partial charge in [0.15, 0.2) is 0 Å². The number of nitrogens with one attached hydrogen (secondary N) is 1. The summed E-state index contributed by atoms with van der Waals surface area (Å²) in [6.07, 6.45) is 4.76. The van der Waals surface area contributed by atoms with Crippen LogP contribution in [0.5, 0.6) is 0 Å². The molecule has 2 saturated heterocycles. The summed E-state index contributed by atoms with van der Waals surface area (Å²) in [5.74, 6) is 0.736. The summed E-state index contributed by atoms with van der Waals surface area (Å²) in [7, 11) is 0. The molecule has 1 aromatic rings. The zero-order valence-electron chi connectivity index (χ0n) is 10.9. The summed E-state index contributed by atoms with van der Waals surface area (Å²) in [5.41, 5.74) is 1.75. The highest BCUT2D eigenvalue weighted by atomic mass is 32.2. The van der Waals surface area contributed by atoms with Gasteiger partial charge in [0.05, 0.1) is 13.2 Å². The smallest absolute Gasteiger partial charge is 0.0588 e. The third-order valence-electron chi connectivity index (χ3n) is 4.46. The van der Waals surface area contributed by atoms with Crippen molar-refractivity contribution in [2.45, 2.75) is 23.2 Å². The van der Waals surface area contributed by atoms with Gasteiger partial charge in [-0.25, -0.2) is 0 Å². The van der Waals surface area contributed by atoms with Crippen molar-refractivity contribution in [1.29, 1.82) is 0 Å². The summed E-state index contributed by atoms with van der Waals surface area (Å²) in [6, 6.07) is 9.11. The molecule has 1 unspecified atom stereocenters. The Hall–Kier alpha value is -0.510. The molecule has 1 atom stereocenters. The summed E-state index contributed by atoms with van der Waals surface area (Å²) in [6.45, 7) is 4.13. The molecule has 0 radical (unpaired) electrons. The van der Waals surface area contributed by atoms with Crippen LogP contribution in [-0.4, -0.2) is 32.6 Å². The molecule has 98 valence electrons. The normalized spacial score (nSPS) is 26.6. The first-order valence-electron chi connectivity index (χ1n) is 6.78. The molecule has 2 fully saturated rings. The Balaban J connectivity index is 1.85. The van der Waals surface area contributed by atoms with Crippen LogP contribution in [0.3, 0.4) is 0 Å². The zero-order chi connectivity index (χ0) is 12.4. The van der Waals surface area contributed by atoms with Gasteiger partial charge in [-0.1, -0.05) is 12.1 Å². The quantitative estimate of drug-likeness (QED) is 0.847. The van der Waals surface area contributed by atoms with E-state index in [1.165, 1.54) is 29.8 Å². The molecule has 0 amide bonds. The van der Waals surface area contributed by atoms with Crippen molar-refractivity contribution in [1.82, 2.24) is 5.32 Å². The van der Waals surface area contributed by atoms with Crippen molar-refractivity contribution in [3.63, 3.8) is 0 Å². The molecule has 0 bridgehead atoms. The van der Waals surface area contributed by atoms with Gasteiger partial charge in [-0.3, -0.25) is 0 Å². The van der Waals surface area contributed by atoms with E-state index in [4.69, 9.17) is 4.74 Å². The third-order valence-corrected chi connectivity index (χ3v) is 5.21. The molecule has 2 heterocycles. The summed E-state index contributed by atoms with van der Waals surface area (Å²) in [5, 5.41) is 3.54. The lowest BCUT2D eigenvalue weighted by Crippen LogP contribution is -2.56. The number of benzene rings is 1. The number of thioether (sulfide) groups is 1. The fourth-order valence-electron chi connectivity index (χ4n) is 3.21. The monoisotopic (exact) mass is 263 g/mol. The van der Waals surface area contributed by atoms with E-state index < -0.39 is 0 Å². The van der Waals surface area contributed by atoms with Gasteiger partial charge in [0.1, 0.15) is 0 Å². The van der Waals surface area contributed by atoms with E-state index in [1.807, 2.05) is 0 Å². The van der Waals surface area contributed by atoms with Crippen molar-refractivity contribution < 1.29 is 4.74 Å². The van der Waals surface area contributed by atoms with Crippen LogP contribution >= 0.6 is 11.8 Å². The molecular weight excluding hydrogens is 242 g/mol. The Labute approximate surface area is 113 Å². The average Bonchev–Trinajstić information content (AvgIpc) is 2.40. The van der Waals surface area contributed by atoms with Crippen molar-refractivity contribution >= 4 is 11.8 Å². The number of rotatable bonds is 3. The maximum atomic E-state index is 5.57. The van der Waals surface area contributed by atoms with E-state index in [9.17, 15) is 0 Å². The average molecular weight is 263 g/mol. The minimum atomic E-state index is 0.282.